The van der Waals surface area contributed by atoms with Crippen molar-refractivity contribution in [3.63, 3.8) is 0 Å². The number of hydrogen-bond donors (Lipinski definition) is 0. The number of benzene rings is 9. The van der Waals surface area contributed by atoms with Crippen molar-refractivity contribution >= 4 is 86.0 Å². The SMILES string of the molecule is CC(C)c1cc(-c2ccccc2)cc(C(C)C)c1-n1c(-c2[c-]cc3c(ccc4ccccc43)c2)nc2ccccc21.CC(C)c1ccnc(-c2[c-]ccc3c2oc2c3ccc3c4ccccc4sc32)c1.[Ir]. The third kappa shape index (κ3) is 8.14. The quantitative estimate of drug-likeness (QED) is 0.118. The summed E-state index contributed by atoms with van der Waals surface area (Å²) < 4.78 is 11.4. The van der Waals surface area contributed by atoms with E-state index in [-0.39, 0.29) is 20.1 Å². The standard InChI is InChI=1S/C39H33N2.C26H18NOS.Ir/c1-25(2)34-23-31(27-12-6-5-7-13-27)24-35(26(3)4)38(34)41-37-17-11-10-16-36(37)40-39(41)30-20-21-33-29(22-30)19-18-28-14-8-9-15-32(28)33;1-15(2)16-12-13-27-22(14-16)21-8-5-7-18-19-10-11-20-17-6-3-4-9-23(17)29-26(20)25(19)28-24(18)21;/h5-19,21-26H,1-4H3;3-7,9-15H,1-2H3;/q2*-1;. The maximum absolute atomic E-state index is 6.52. The van der Waals surface area contributed by atoms with Crippen molar-refractivity contribution in [2.24, 2.45) is 0 Å². The summed E-state index contributed by atoms with van der Waals surface area (Å²) >= 11 is 1.79. The summed E-state index contributed by atoms with van der Waals surface area (Å²) in [5.41, 5.74) is 14.4. The molecule has 9 aromatic carbocycles. The molecule has 0 atom stereocenters. The summed E-state index contributed by atoms with van der Waals surface area (Å²) in [5, 5.41) is 9.71. The summed E-state index contributed by atoms with van der Waals surface area (Å²) in [4.78, 5) is 9.86. The van der Waals surface area contributed by atoms with E-state index in [4.69, 9.17) is 9.40 Å². The van der Waals surface area contributed by atoms with Crippen LogP contribution in [0.4, 0.5) is 0 Å². The van der Waals surface area contributed by atoms with Gasteiger partial charge in [-0.1, -0.05) is 184 Å². The van der Waals surface area contributed by atoms with Gasteiger partial charge in [-0.25, -0.2) is 0 Å². The molecule has 4 aromatic heterocycles. The van der Waals surface area contributed by atoms with E-state index in [0.717, 1.165) is 55.6 Å². The number of aromatic nitrogens is 3. The molecule has 13 rings (SSSR count). The van der Waals surface area contributed by atoms with Crippen LogP contribution in [0.1, 0.15) is 76.0 Å². The van der Waals surface area contributed by atoms with Crippen LogP contribution in [-0.2, 0) is 20.1 Å². The third-order valence-electron chi connectivity index (χ3n) is 13.9. The fourth-order valence-electron chi connectivity index (χ4n) is 10.2. The second kappa shape index (κ2) is 18.8. The Morgan fingerprint density at radius 2 is 1.24 bits per heavy atom. The average Bonchev–Trinajstić information content (AvgIpc) is 4.10. The zero-order valence-corrected chi connectivity index (χ0v) is 43.8. The van der Waals surface area contributed by atoms with Crippen LogP contribution in [0.15, 0.2) is 187 Å². The molecule has 0 saturated carbocycles. The van der Waals surface area contributed by atoms with Gasteiger partial charge in [-0.3, -0.25) is 4.98 Å². The van der Waals surface area contributed by atoms with E-state index in [9.17, 15) is 0 Å². The van der Waals surface area contributed by atoms with E-state index in [0.29, 0.717) is 17.8 Å². The van der Waals surface area contributed by atoms with E-state index in [1.54, 1.807) is 11.3 Å². The molecule has 0 aliphatic rings. The molecule has 349 valence electrons. The number of furan rings is 1. The number of imidazole rings is 1. The second-order valence-electron chi connectivity index (χ2n) is 19.3. The Morgan fingerprint density at radius 1 is 0.549 bits per heavy atom. The molecular formula is C65H51IrN3OS-2. The maximum Gasteiger partial charge on any atom is 0.138 e. The summed E-state index contributed by atoms with van der Waals surface area (Å²) in [6.07, 6.45) is 1.88. The van der Waals surface area contributed by atoms with Crippen LogP contribution >= 0.6 is 11.3 Å². The van der Waals surface area contributed by atoms with Gasteiger partial charge in [0.15, 0.2) is 0 Å². The van der Waals surface area contributed by atoms with Gasteiger partial charge < -0.3 is 14.0 Å². The second-order valence-corrected chi connectivity index (χ2v) is 20.4. The topological polar surface area (TPSA) is 43.9 Å². The maximum atomic E-state index is 6.52. The predicted molar refractivity (Wildman–Crippen MR) is 297 cm³/mol. The van der Waals surface area contributed by atoms with Gasteiger partial charge in [0.2, 0.25) is 0 Å². The Hall–Kier alpha value is -7.21. The molecule has 0 unspecified atom stereocenters. The number of rotatable bonds is 7. The Morgan fingerprint density at radius 3 is 2.03 bits per heavy atom. The zero-order valence-electron chi connectivity index (χ0n) is 40.5. The first-order chi connectivity index (χ1) is 34.2. The number of pyridine rings is 1. The van der Waals surface area contributed by atoms with E-state index in [1.165, 1.54) is 75.2 Å². The fraction of sp³-hybridized carbons (Fsp3) is 0.138. The zero-order chi connectivity index (χ0) is 47.6. The number of fused-ring (bicyclic) bond motifs is 11. The molecule has 0 fully saturated rings. The van der Waals surface area contributed by atoms with E-state index in [1.807, 2.05) is 12.3 Å². The Kier molecular flexibility index (Phi) is 12.3. The van der Waals surface area contributed by atoms with Crippen molar-refractivity contribution in [3.8, 4) is 39.5 Å². The van der Waals surface area contributed by atoms with Crippen molar-refractivity contribution < 1.29 is 24.5 Å². The van der Waals surface area contributed by atoms with E-state index < -0.39 is 0 Å². The molecule has 71 heavy (non-hydrogen) atoms. The summed E-state index contributed by atoms with van der Waals surface area (Å²) in [6.45, 7) is 13.6. The largest absolute Gasteiger partial charge is 0.499 e. The third-order valence-corrected chi connectivity index (χ3v) is 15.1. The first kappa shape index (κ1) is 46.2. The van der Waals surface area contributed by atoms with Crippen LogP contribution in [-0.4, -0.2) is 14.5 Å². The van der Waals surface area contributed by atoms with Gasteiger partial charge in [-0.2, -0.15) is 0 Å². The summed E-state index contributed by atoms with van der Waals surface area (Å²) in [7, 11) is 0. The van der Waals surface area contributed by atoms with E-state index in [2.05, 4.69) is 233 Å². The Bertz CT molecular complexity index is 4090. The first-order valence-corrected chi connectivity index (χ1v) is 25.2. The molecule has 6 heteroatoms. The van der Waals surface area contributed by atoms with Crippen molar-refractivity contribution in [1.82, 2.24) is 14.5 Å². The van der Waals surface area contributed by atoms with Gasteiger partial charge in [-0.05, 0) is 87.5 Å². The molecule has 0 amide bonds. The molecule has 0 saturated heterocycles. The first-order valence-electron chi connectivity index (χ1n) is 24.4. The molecule has 1 radical (unpaired) electrons. The Labute approximate surface area is 432 Å². The minimum absolute atomic E-state index is 0. The smallest absolute Gasteiger partial charge is 0.138 e. The van der Waals surface area contributed by atoms with Crippen LogP contribution in [0, 0.1) is 12.1 Å². The number of thiophene rings is 1. The molecule has 0 aliphatic heterocycles. The fourth-order valence-corrected chi connectivity index (χ4v) is 11.4. The van der Waals surface area contributed by atoms with Crippen molar-refractivity contribution in [3.05, 3.63) is 211 Å². The van der Waals surface area contributed by atoms with Crippen LogP contribution < -0.4 is 0 Å². The molecule has 4 heterocycles. The molecule has 0 bridgehead atoms. The van der Waals surface area contributed by atoms with Crippen LogP contribution in [0.3, 0.4) is 0 Å². The minimum atomic E-state index is 0. The minimum Gasteiger partial charge on any atom is -0.499 e. The molecule has 0 aliphatic carbocycles. The molecular weight excluding hydrogens is 1060 g/mol. The van der Waals surface area contributed by atoms with Gasteiger partial charge >= 0.3 is 0 Å². The van der Waals surface area contributed by atoms with Crippen molar-refractivity contribution in [2.75, 3.05) is 0 Å². The van der Waals surface area contributed by atoms with Crippen LogP contribution in [0.2, 0.25) is 0 Å². The van der Waals surface area contributed by atoms with Gasteiger partial charge in [0, 0.05) is 52.8 Å². The van der Waals surface area contributed by atoms with E-state index >= 15 is 0 Å². The Balaban J connectivity index is 0.000000160. The summed E-state index contributed by atoms with van der Waals surface area (Å²) in [6, 6.07) is 69.6. The van der Waals surface area contributed by atoms with Crippen molar-refractivity contribution in [1.29, 1.82) is 0 Å². The monoisotopic (exact) mass is 1110 g/mol. The number of hydrogen-bond acceptors (Lipinski definition) is 4. The van der Waals surface area contributed by atoms with Gasteiger partial charge in [0.05, 0.1) is 27.1 Å². The molecule has 0 spiro atoms. The normalized spacial score (nSPS) is 11.8. The van der Waals surface area contributed by atoms with Crippen LogP contribution in [0.25, 0.3) is 114 Å². The number of nitrogens with zero attached hydrogens (tertiary/aromatic N) is 3. The van der Waals surface area contributed by atoms with Crippen molar-refractivity contribution in [2.45, 2.75) is 59.3 Å². The average molecular weight is 1110 g/mol. The molecule has 0 N–H and O–H groups in total. The molecule has 13 aromatic rings. The van der Waals surface area contributed by atoms with Gasteiger partial charge in [0.25, 0.3) is 0 Å². The van der Waals surface area contributed by atoms with Gasteiger partial charge in [0.1, 0.15) is 5.58 Å². The summed E-state index contributed by atoms with van der Waals surface area (Å²) in [5.74, 6) is 2.03. The molecule has 4 nitrogen and oxygen atoms in total. The van der Waals surface area contributed by atoms with Crippen LogP contribution in [0.5, 0.6) is 0 Å². The van der Waals surface area contributed by atoms with Gasteiger partial charge in [-0.15, -0.1) is 58.7 Å². The predicted octanol–water partition coefficient (Wildman–Crippen LogP) is 18.6. The number of para-hydroxylation sites is 2.